The van der Waals surface area contributed by atoms with Crippen LogP contribution in [0.25, 0.3) is 0 Å². The largest absolute Gasteiger partial charge is 0.378 e. The highest BCUT2D eigenvalue weighted by atomic mass is 16.9. The molecule has 1 rings (SSSR count). The van der Waals surface area contributed by atoms with Crippen molar-refractivity contribution in [1.82, 2.24) is 0 Å². The highest BCUT2D eigenvalue weighted by molar-refractivity contribution is 4.74. The Morgan fingerprint density at radius 3 is 1.44 bits per heavy atom. The van der Waals surface area contributed by atoms with Gasteiger partial charge in [-0.1, -0.05) is 90.9 Å². The quantitative estimate of drug-likeness (QED) is 0.0451. The van der Waals surface area contributed by atoms with E-state index in [2.05, 4.69) is 13.8 Å². The molecule has 1 aliphatic heterocycles. The molecule has 0 aliphatic carbocycles. The Hall–Kier alpha value is -0.360. The third-order valence-corrected chi connectivity index (χ3v) is 7.82. The number of methoxy groups -OCH3 is 4. The standard InChI is InChI=1S/C20H40O5.C14H30O4/c1-5-9-10-11-12-13-14-18(15-21-16-19-17-22-19)20(23-6-2,24-7-3)25-8-4;1-6-7-8-9-10-11-12-13(15-2)14(16-3,17-4)18-5/h18-19H,5-17H2,1-4H3;13H,6-12H2,1-5H3. The molecule has 1 saturated heterocycles. The number of ether oxygens (including phenoxy) is 9. The molecule has 9 nitrogen and oxygen atoms in total. The average molecular weight is 623 g/mol. The topological polar surface area (TPSA) is 86.4 Å². The van der Waals surface area contributed by atoms with E-state index in [4.69, 9.17) is 42.6 Å². The van der Waals surface area contributed by atoms with Crippen LogP contribution < -0.4 is 0 Å². The average Bonchev–Trinajstić information content (AvgIpc) is 3.85. The van der Waals surface area contributed by atoms with Crippen molar-refractivity contribution in [2.75, 3.05) is 68.1 Å². The van der Waals surface area contributed by atoms with Gasteiger partial charge in [0.05, 0.1) is 25.7 Å². The van der Waals surface area contributed by atoms with Gasteiger partial charge in [-0.3, -0.25) is 0 Å². The first kappa shape index (κ1) is 42.6. The summed E-state index contributed by atoms with van der Waals surface area (Å²) in [4.78, 5) is 0. The van der Waals surface area contributed by atoms with Gasteiger partial charge in [-0.05, 0) is 33.6 Å². The smallest absolute Gasteiger partial charge is 0.310 e. The summed E-state index contributed by atoms with van der Waals surface area (Å²) < 4.78 is 50.5. The highest BCUT2D eigenvalue weighted by Crippen LogP contribution is 2.31. The molecule has 3 atom stereocenters. The first-order chi connectivity index (χ1) is 20.9. The van der Waals surface area contributed by atoms with Gasteiger partial charge in [-0.15, -0.1) is 0 Å². The molecule has 0 aromatic rings. The third-order valence-electron chi connectivity index (χ3n) is 7.82. The Labute approximate surface area is 265 Å². The van der Waals surface area contributed by atoms with Crippen LogP contribution in [0.1, 0.15) is 125 Å². The molecule has 43 heavy (non-hydrogen) atoms. The van der Waals surface area contributed by atoms with Crippen molar-refractivity contribution in [1.29, 1.82) is 0 Å². The van der Waals surface area contributed by atoms with Crippen molar-refractivity contribution in [3.63, 3.8) is 0 Å². The Balaban J connectivity index is 0.000000869. The molecule has 1 fully saturated rings. The van der Waals surface area contributed by atoms with E-state index < -0.39 is 11.9 Å². The van der Waals surface area contributed by atoms with Gasteiger partial charge in [0, 0.05) is 48.3 Å². The fraction of sp³-hybridized carbons (Fsp3) is 1.00. The first-order valence-corrected chi connectivity index (χ1v) is 17.2. The molecule has 9 heteroatoms. The number of epoxide rings is 1. The van der Waals surface area contributed by atoms with Crippen molar-refractivity contribution in [2.24, 2.45) is 5.92 Å². The Bertz CT molecular complexity index is 559. The maximum Gasteiger partial charge on any atom is 0.310 e. The molecule has 0 spiro atoms. The summed E-state index contributed by atoms with van der Waals surface area (Å²) in [6, 6.07) is 0. The van der Waals surface area contributed by atoms with Crippen LogP contribution >= 0.6 is 0 Å². The van der Waals surface area contributed by atoms with Crippen LogP contribution in [0.5, 0.6) is 0 Å². The molecule has 0 N–H and O–H groups in total. The van der Waals surface area contributed by atoms with Crippen LogP contribution in [0, 0.1) is 5.92 Å². The van der Waals surface area contributed by atoms with Crippen LogP contribution in [-0.4, -0.2) is 92.2 Å². The Kier molecular flexibility index (Phi) is 27.7. The monoisotopic (exact) mass is 623 g/mol. The summed E-state index contributed by atoms with van der Waals surface area (Å²) in [5, 5.41) is 0. The molecule has 1 aliphatic rings. The molecule has 0 amide bonds. The fourth-order valence-corrected chi connectivity index (χ4v) is 5.31. The molecule has 260 valence electrons. The summed E-state index contributed by atoms with van der Waals surface area (Å²) >= 11 is 0. The Morgan fingerprint density at radius 2 is 1.05 bits per heavy atom. The number of hydrogen-bond donors (Lipinski definition) is 0. The van der Waals surface area contributed by atoms with E-state index >= 15 is 0 Å². The van der Waals surface area contributed by atoms with Crippen molar-refractivity contribution >= 4 is 0 Å². The molecule has 3 unspecified atom stereocenters. The van der Waals surface area contributed by atoms with Crippen molar-refractivity contribution in [3.05, 3.63) is 0 Å². The molecule has 0 radical (unpaired) electrons. The van der Waals surface area contributed by atoms with E-state index in [1.54, 1.807) is 28.4 Å². The highest BCUT2D eigenvalue weighted by Gasteiger charge is 2.42. The second-order valence-electron chi connectivity index (χ2n) is 11.1. The molecule has 1 heterocycles. The van der Waals surface area contributed by atoms with Crippen molar-refractivity contribution < 1.29 is 42.6 Å². The zero-order valence-corrected chi connectivity index (χ0v) is 29.5. The minimum atomic E-state index is -1.09. The Morgan fingerprint density at radius 1 is 0.605 bits per heavy atom. The summed E-state index contributed by atoms with van der Waals surface area (Å²) in [7, 11) is 6.37. The van der Waals surface area contributed by atoms with Gasteiger partial charge in [0.25, 0.3) is 5.97 Å². The number of unbranched alkanes of at least 4 members (excludes halogenated alkanes) is 10. The summed E-state index contributed by atoms with van der Waals surface area (Å²) in [6.45, 7) is 14.1. The lowest BCUT2D eigenvalue weighted by Gasteiger charge is -2.39. The normalized spacial score (nSPS) is 16.5. The number of rotatable bonds is 30. The SMILES string of the molecule is CCCCCCCCC(COCC1CO1)C(OCC)(OCC)OCC.CCCCCCCCC(OC)C(OC)(OC)OC. The van der Waals surface area contributed by atoms with Crippen LogP contribution in [0.2, 0.25) is 0 Å². The van der Waals surface area contributed by atoms with Gasteiger partial charge in [0.15, 0.2) is 0 Å². The molecule has 0 aromatic carbocycles. The van der Waals surface area contributed by atoms with E-state index in [0.717, 1.165) is 32.3 Å². The summed E-state index contributed by atoms with van der Waals surface area (Å²) in [5.74, 6) is -2.01. The zero-order chi connectivity index (χ0) is 32.2. The van der Waals surface area contributed by atoms with Gasteiger partial charge in [0.2, 0.25) is 0 Å². The van der Waals surface area contributed by atoms with Crippen molar-refractivity contribution in [2.45, 2.75) is 149 Å². The lowest BCUT2D eigenvalue weighted by molar-refractivity contribution is -0.405. The maximum absolute atomic E-state index is 5.99. The minimum Gasteiger partial charge on any atom is -0.378 e. The molecule has 0 bridgehead atoms. The van der Waals surface area contributed by atoms with Gasteiger partial charge in [-0.2, -0.15) is 0 Å². The van der Waals surface area contributed by atoms with Gasteiger partial charge in [-0.25, -0.2) is 0 Å². The van der Waals surface area contributed by atoms with Gasteiger partial charge in [0.1, 0.15) is 12.2 Å². The molecule has 0 aromatic heterocycles. The summed E-state index contributed by atoms with van der Waals surface area (Å²) in [5.41, 5.74) is 0. The van der Waals surface area contributed by atoms with Crippen LogP contribution in [0.4, 0.5) is 0 Å². The lowest BCUT2D eigenvalue weighted by Crippen LogP contribution is -2.48. The minimum absolute atomic E-state index is 0.0669. The van der Waals surface area contributed by atoms with Crippen LogP contribution in [0.3, 0.4) is 0 Å². The first-order valence-electron chi connectivity index (χ1n) is 17.2. The van der Waals surface area contributed by atoms with Crippen LogP contribution in [0.15, 0.2) is 0 Å². The predicted octanol–water partition coefficient (Wildman–Crippen LogP) is 7.88. The molecule has 0 saturated carbocycles. The van der Waals surface area contributed by atoms with Gasteiger partial charge >= 0.3 is 5.97 Å². The lowest BCUT2D eigenvalue weighted by atomic mass is 9.98. The van der Waals surface area contributed by atoms with E-state index in [-0.39, 0.29) is 18.1 Å². The van der Waals surface area contributed by atoms with E-state index in [9.17, 15) is 0 Å². The third kappa shape index (κ3) is 18.4. The maximum atomic E-state index is 5.99. The van der Waals surface area contributed by atoms with E-state index in [1.807, 2.05) is 20.8 Å². The fourth-order valence-electron chi connectivity index (χ4n) is 5.31. The van der Waals surface area contributed by atoms with Gasteiger partial charge < -0.3 is 42.6 Å². The zero-order valence-electron chi connectivity index (χ0n) is 29.5. The molecular formula is C34H70O9. The van der Waals surface area contributed by atoms with Crippen molar-refractivity contribution in [3.8, 4) is 0 Å². The predicted molar refractivity (Wildman–Crippen MR) is 172 cm³/mol. The summed E-state index contributed by atoms with van der Waals surface area (Å²) in [6.07, 6.45) is 17.1. The van der Waals surface area contributed by atoms with E-state index in [1.165, 1.54) is 64.2 Å². The second-order valence-corrected chi connectivity index (χ2v) is 11.1. The van der Waals surface area contributed by atoms with E-state index in [0.29, 0.717) is 33.0 Å². The number of hydrogen-bond acceptors (Lipinski definition) is 9. The van der Waals surface area contributed by atoms with Crippen LogP contribution in [-0.2, 0) is 42.6 Å². The second kappa shape index (κ2) is 27.9. The molecular weight excluding hydrogens is 552 g/mol.